The van der Waals surface area contributed by atoms with Crippen LogP contribution >= 0.6 is 0 Å². The Kier molecular flexibility index (Phi) is 33.0. The second kappa shape index (κ2) is 22.3. The van der Waals surface area contributed by atoms with E-state index >= 15 is 0 Å². The Labute approximate surface area is 130 Å². The van der Waals surface area contributed by atoms with Gasteiger partial charge in [0.1, 0.15) is 0 Å². The molecule has 1 radical (unpaired) electrons. The van der Waals surface area contributed by atoms with Crippen molar-refractivity contribution in [3.63, 3.8) is 0 Å². The summed E-state index contributed by atoms with van der Waals surface area (Å²) in [6.07, 6.45) is 10.5. The molecule has 0 saturated heterocycles. The minimum atomic E-state index is 0. The summed E-state index contributed by atoms with van der Waals surface area (Å²) in [5.41, 5.74) is 10.1. The van der Waals surface area contributed by atoms with Gasteiger partial charge in [0.25, 0.3) is 0 Å². The molecule has 0 fully saturated rings. The molecule has 0 unspecified atom stereocenters. The van der Waals surface area contributed by atoms with Gasteiger partial charge < -0.3 is 16.8 Å². The van der Waals surface area contributed by atoms with Crippen molar-refractivity contribution < 1.29 is 22.4 Å². The van der Waals surface area contributed by atoms with E-state index in [0.29, 0.717) is 0 Å². The molecule has 3 nitrogen and oxygen atoms in total. The van der Waals surface area contributed by atoms with Gasteiger partial charge in [-0.1, -0.05) is 38.2 Å². The molecule has 0 aromatic carbocycles. The van der Waals surface area contributed by atoms with Gasteiger partial charge in [-0.3, -0.25) is 0 Å². The first-order valence-electron chi connectivity index (χ1n) is 6.30. The maximum atomic E-state index is 5.53. The van der Waals surface area contributed by atoms with Crippen molar-refractivity contribution in [2.45, 2.75) is 46.1 Å². The van der Waals surface area contributed by atoms with E-state index in [1.165, 1.54) is 7.05 Å². The second-order valence-corrected chi connectivity index (χ2v) is 4.14. The quantitative estimate of drug-likeness (QED) is 0.679. The van der Waals surface area contributed by atoms with Gasteiger partial charge in [0.05, 0.1) is 0 Å². The fourth-order valence-corrected chi connectivity index (χ4v) is 0.393. The first-order chi connectivity index (χ1) is 7.97. The molecule has 1 rings (SSSR count). The molecule has 5 N–H and O–H groups in total. The zero-order chi connectivity index (χ0) is 14.2. The average molecular weight is 336 g/mol. The molecule has 0 aliphatic heterocycles. The van der Waals surface area contributed by atoms with Gasteiger partial charge in [0.2, 0.25) is 0 Å². The van der Waals surface area contributed by atoms with Crippen LogP contribution in [0.4, 0.5) is 0 Å². The molecular formula is C14H33N3Nb. The Morgan fingerprint density at radius 1 is 1.11 bits per heavy atom. The monoisotopic (exact) mass is 336 g/mol. The van der Waals surface area contributed by atoms with Crippen LogP contribution in [-0.4, -0.2) is 26.2 Å². The van der Waals surface area contributed by atoms with Crippen molar-refractivity contribution in [1.29, 1.82) is 0 Å². The molecule has 18 heavy (non-hydrogen) atoms. The van der Waals surface area contributed by atoms with Gasteiger partial charge in [0.15, 0.2) is 0 Å². The van der Waals surface area contributed by atoms with Crippen LogP contribution in [0.1, 0.15) is 40.5 Å². The van der Waals surface area contributed by atoms with Gasteiger partial charge in [-0.25, -0.2) is 0 Å². The normalized spacial score (nSPS) is 10.9. The number of hydrogen-bond donors (Lipinski definition) is 3. The number of hydrogen-bond acceptors (Lipinski definition) is 3. The maximum Gasteiger partial charge on any atom is 0.00944 e. The summed E-state index contributed by atoms with van der Waals surface area (Å²) in [5, 5.41) is 2.93. The minimum absolute atomic E-state index is 0. The molecule has 0 bridgehead atoms. The summed E-state index contributed by atoms with van der Waals surface area (Å²) in [5.74, 6) is 0. The average Bonchev–Trinajstić information content (AvgIpc) is 2.90. The van der Waals surface area contributed by atoms with Crippen molar-refractivity contribution in [3.05, 3.63) is 24.3 Å². The van der Waals surface area contributed by atoms with Crippen LogP contribution in [0, 0.1) is 0 Å². The Balaban J connectivity index is -0.0000000755. The molecule has 0 amide bonds. The summed E-state index contributed by atoms with van der Waals surface area (Å²) in [6, 6.07) is 0. The minimum Gasteiger partial charge on any atom is -0.333 e. The van der Waals surface area contributed by atoms with E-state index in [1.807, 2.05) is 20.9 Å². The molecule has 0 saturated carbocycles. The SMILES string of the molecule is C1=CCC=C1.CCC(C)(C)N.CCNC.CN.[Nb]. The summed E-state index contributed by atoms with van der Waals surface area (Å²) >= 11 is 0. The third-order valence-electron chi connectivity index (χ3n) is 1.92. The van der Waals surface area contributed by atoms with Crippen molar-refractivity contribution in [1.82, 2.24) is 5.32 Å². The predicted molar refractivity (Wildman–Crippen MR) is 81.2 cm³/mol. The third-order valence-corrected chi connectivity index (χ3v) is 1.92. The van der Waals surface area contributed by atoms with E-state index in [4.69, 9.17) is 5.73 Å². The van der Waals surface area contributed by atoms with Crippen LogP contribution in [-0.2, 0) is 22.4 Å². The summed E-state index contributed by atoms with van der Waals surface area (Å²) in [4.78, 5) is 0. The molecule has 109 valence electrons. The predicted octanol–water partition coefficient (Wildman–Crippen LogP) is 2.43. The van der Waals surface area contributed by atoms with Crippen LogP contribution in [0.3, 0.4) is 0 Å². The second-order valence-electron chi connectivity index (χ2n) is 4.14. The first-order valence-corrected chi connectivity index (χ1v) is 6.30. The molecule has 0 heterocycles. The zero-order valence-electron chi connectivity index (χ0n) is 13.0. The Morgan fingerprint density at radius 2 is 1.39 bits per heavy atom. The largest absolute Gasteiger partial charge is 0.333 e. The number of nitrogens with two attached hydrogens (primary N) is 2. The third kappa shape index (κ3) is 44.3. The van der Waals surface area contributed by atoms with Gasteiger partial charge in [0, 0.05) is 27.9 Å². The molecule has 0 aromatic rings. The molecule has 0 atom stereocenters. The Morgan fingerprint density at radius 3 is 1.44 bits per heavy atom. The van der Waals surface area contributed by atoms with Gasteiger partial charge in [-0.2, -0.15) is 0 Å². The van der Waals surface area contributed by atoms with E-state index in [0.717, 1.165) is 19.4 Å². The van der Waals surface area contributed by atoms with Crippen molar-refractivity contribution in [2.24, 2.45) is 11.5 Å². The Hall–Kier alpha value is 0.100. The standard InChI is InChI=1S/C5H13N.C5H6.C3H9N.CH5N.Nb/c1-4-5(2,3)6;1-2-4-5-3-1;1-3-4-2;1-2;/h4,6H2,1-3H3;1-4H,5H2;4H,3H2,1-2H3;2H2,1H3;. The van der Waals surface area contributed by atoms with Crippen LogP contribution in [0.25, 0.3) is 0 Å². The van der Waals surface area contributed by atoms with Crippen LogP contribution in [0.15, 0.2) is 24.3 Å². The zero-order valence-corrected chi connectivity index (χ0v) is 15.2. The topological polar surface area (TPSA) is 64.1 Å². The van der Waals surface area contributed by atoms with Gasteiger partial charge in [-0.05, 0) is 47.3 Å². The van der Waals surface area contributed by atoms with Gasteiger partial charge >= 0.3 is 0 Å². The fourth-order valence-electron chi connectivity index (χ4n) is 0.393. The number of allylic oxidation sites excluding steroid dienone is 4. The van der Waals surface area contributed by atoms with Crippen LogP contribution in [0.2, 0.25) is 0 Å². The molecule has 0 spiro atoms. The van der Waals surface area contributed by atoms with E-state index < -0.39 is 0 Å². The van der Waals surface area contributed by atoms with Crippen molar-refractivity contribution >= 4 is 0 Å². The number of nitrogens with one attached hydrogen (secondary N) is 1. The smallest absolute Gasteiger partial charge is 0.00944 e. The van der Waals surface area contributed by atoms with E-state index in [2.05, 4.69) is 49.2 Å². The van der Waals surface area contributed by atoms with E-state index in [-0.39, 0.29) is 27.9 Å². The maximum absolute atomic E-state index is 5.53. The van der Waals surface area contributed by atoms with Crippen molar-refractivity contribution in [2.75, 3.05) is 20.6 Å². The molecule has 1 aliphatic carbocycles. The van der Waals surface area contributed by atoms with Crippen LogP contribution < -0.4 is 16.8 Å². The van der Waals surface area contributed by atoms with E-state index in [9.17, 15) is 0 Å². The fraction of sp³-hybridized carbons (Fsp3) is 0.714. The van der Waals surface area contributed by atoms with Crippen LogP contribution in [0.5, 0.6) is 0 Å². The molecule has 1 aliphatic rings. The van der Waals surface area contributed by atoms with E-state index in [1.54, 1.807) is 0 Å². The first kappa shape index (κ1) is 26.6. The summed E-state index contributed by atoms with van der Waals surface area (Å²) < 4.78 is 0. The number of rotatable bonds is 2. The molecule has 4 heteroatoms. The summed E-state index contributed by atoms with van der Waals surface area (Å²) in [7, 11) is 3.43. The summed E-state index contributed by atoms with van der Waals surface area (Å²) in [6.45, 7) is 9.26. The Bertz CT molecular complexity index is 160. The molecule has 0 aromatic heterocycles. The molecular weight excluding hydrogens is 303 g/mol. The van der Waals surface area contributed by atoms with Crippen molar-refractivity contribution in [3.8, 4) is 0 Å². The van der Waals surface area contributed by atoms with Gasteiger partial charge in [-0.15, -0.1) is 0 Å².